The summed E-state index contributed by atoms with van der Waals surface area (Å²) in [5.74, 6) is -0.0292. The lowest BCUT2D eigenvalue weighted by Crippen LogP contribution is -2.56. The van der Waals surface area contributed by atoms with Gasteiger partial charge in [-0.1, -0.05) is 54.1 Å². The third-order valence-corrected chi connectivity index (χ3v) is 7.75. The van der Waals surface area contributed by atoms with E-state index in [0.717, 1.165) is 21.7 Å². The van der Waals surface area contributed by atoms with Crippen LogP contribution in [0, 0.1) is 0 Å². The first-order valence-electron chi connectivity index (χ1n) is 13.1. The van der Waals surface area contributed by atoms with Crippen molar-refractivity contribution in [3.05, 3.63) is 88.9 Å². The number of benzene rings is 3. The molecular formula is C30H34ClN3O6S. The summed E-state index contributed by atoms with van der Waals surface area (Å²) in [4.78, 5) is 29.3. The van der Waals surface area contributed by atoms with Crippen molar-refractivity contribution in [1.29, 1.82) is 0 Å². The van der Waals surface area contributed by atoms with E-state index in [-0.39, 0.29) is 31.4 Å². The smallest absolute Gasteiger partial charge is 0.244 e. The highest BCUT2D eigenvalue weighted by Crippen LogP contribution is 2.36. The number of hydrogen-bond donors (Lipinski definition) is 1. The van der Waals surface area contributed by atoms with Crippen molar-refractivity contribution in [1.82, 2.24) is 10.2 Å². The molecule has 1 heterocycles. The molecule has 4 rings (SSSR count). The highest BCUT2D eigenvalue weighted by Gasteiger charge is 2.34. The zero-order valence-electron chi connectivity index (χ0n) is 23.5. The van der Waals surface area contributed by atoms with E-state index in [2.05, 4.69) is 5.32 Å². The highest BCUT2D eigenvalue weighted by molar-refractivity contribution is 7.92. The molecular weight excluding hydrogens is 566 g/mol. The van der Waals surface area contributed by atoms with Crippen LogP contribution in [0.4, 0.5) is 5.69 Å². The molecule has 11 heteroatoms. The van der Waals surface area contributed by atoms with Crippen LogP contribution in [-0.2, 0) is 32.6 Å². The van der Waals surface area contributed by atoms with Crippen LogP contribution in [0.5, 0.6) is 11.5 Å². The van der Waals surface area contributed by atoms with Crippen LogP contribution >= 0.6 is 11.6 Å². The monoisotopic (exact) mass is 599 g/mol. The van der Waals surface area contributed by atoms with E-state index in [1.807, 2.05) is 51.1 Å². The van der Waals surface area contributed by atoms with Crippen molar-refractivity contribution in [2.45, 2.75) is 45.3 Å². The van der Waals surface area contributed by atoms with Gasteiger partial charge in [-0.15, -0.1) is 0 Å². The Balaban J connectivity index is 1.74. The minimum Gasteiger partial charge on any atom is -0.454 e. The molecule has 0 radical (unpaired) electrons. The maximum Gasteiger partial charge on any atom is 0.244 e. The molecule has 0 unspecified atom stereocenters. The third kappa shape index (κ3) is 8.14. The number of anilines is 1. The van der Waals surface area contributed by atoms with Crippen molar-refractivity contribution in [2.24, 2.45) is 0 Å². The predicted molar refractivity (Wildman–Crippen MR) is 159 cm³/mol. The molecule has 3 aromatic carbocycles. The van der Waals surface area contributed by atoms with Crippen LogP contribution in [-0.4, -0.2) is 56.3 Å². The Kier molecular flexibility index (Phi) is 9.14. The summed E-state index contributed by atoms with van der Waals surface area (Å²) in [5, 5.41) is 3.53. The fourth-order valence-corrected chi connectivity index (χ4v) is 5.41. The van der Waals surface area contributed by atoms with Crippen molar-refractivity contribution < 1.29 is 27.5 Å². The van der Waals surface area contributed by atoms with E-state index in [1.54, 1.807) is 36.4 Å². The van der Waals surface area contributed by atoms with E-state index < -0.39 is 34.1 Å². The molecule has 218 valence electrons. The van der Waals surface area contributed by atoms with Crippen molar-refractivity contribution >= 4 is 39.1 Å². The number of rotatable bonds is 10. The average Bonchev–Trinajstić information content (AvgIpc) is 3.37. The van der Waals surface area contributed by atoms with Gasteiger partial charge in [-0.05, 0) is 56.2 Å². The van der Waals surface area contributed by atoms with Gasteiger partial charge in [0.1, 0.15) is 12.6 Å². The predicted octanol–water partition coefficient (Wildman–Crippen LogP) is 4.39. The molecule has 3 aromatic rings. The molecule has 0 bridgehead atoms. The van der Waals surface area contributed by atoms with Gasteiger partial charge in [-0.3, -0.25) is 13.9 Å². The van der Waals surface area contributed by atoms with Gasteiger partial charge in [0.25, 0.3) is 0 Å². The van der Waals surface area contributed by atoms with Crippen LogP contribution in [0.25, 0.3) is 0 Å². The molecule has 41 heavy (non-hydrogen) atoms. The summed E-state index contributed by atoms with van der Waals surface area (Å²) >= 11 is 6.09. The van der Waals surface area contributed by atoms with E-state index >= 15 is 0 Å². The molecule has 9 nitrogen and oxygen atoms in total. The van der Waals surface area contributed by atoms with Crippen molar-refractivity contribution in [2.75, 3.05) is 23.9 Å². The van der Waals surface area contributed by atoms with Gasteiger partial charge < -0.3 is 19.7 Å². The standard InChI is InChI=1S/C30H34ClN3O6S/c1-30(2,3)32-29(36)25(16-21-8-6-5-7-9-21)33(18-22-10-12-23(31)13-11-22)28(35)19-34(41(4,37)38)24-14-15-26-27(17-24)40-20-39-26/h5-15,17,25H,16,18-20H2,1-4H3,(H,32,36)/t25-/m0/s1. The number of nitrogens with zero attached hydrogens (tertiary/aromatic N) is 2. The first-order chi connectivity index (χ1) is 19.3. The van der Waals surface area contributed by atoms with Gasteiger partial charge in [0.2, 0.25) is 28.6 Å². The molecule has 1 aliphatic rings. The third-order valence-electron chi connectivity index (χ3n) is 6.36. The first-order valence-corrected chi connectivity index (χ1v) is 15.3. The van der Waals surface area contributed by atoms with Crippen molar-refractivity contribution in [3.63, 3.8) is 0 Å². The average molecular weight is 600 g/mol. The molecule has 1 N–H and O–H groups in total. The molecule has 0 saturated heterocycles. The lowest BCUT2D eigenvalue weighted by atomic mass is 10.0. The Hall–Kier alpha value is -3.76. The van der Waals surface area contributed by atoms with Crippen LogP contribution in [0.3, 0.4) is 0 Å². The van der Waals surface area contributed by atoms with E-state index in [9.17, 15) is 18.0 Å². The fraction of sp³-hybridized carbons (Fsp3) is 0.333. The topological polar surface area (TPSA) is 105 Å². The van der Waals surface area contributed by atoms with Gasteiger partial charge in [-0.2, -0.15) is 0 Å². The molecule has 0 aromatic heterocycles. The maximum atomic E-state index is 14.1. The lowest BCUT2D eigenvalue weighted by molar-refractivity contribution is -0.140. The Morgan fingerprint density at radius 3 is 2.24 bits per heavy atom. The van der Waals surface area contributed by atoms with Gasteiger partial charge >= 0.3 is 0 Å². The van der Waals surface area contributed by atoms with E-state index in [0.29, 0.717) is 16.5 Å². The van der Waals surface area contributed by atoms with Crippen LogP contribution in [0.1, 0.15) is 31.9 Å². The Bertz CT molecular complexity index is 1490. The van der Waals surface area contributed by atoms with Crippen LogP contribution < -0.4 is 19.1 Å². The summed E-state index contributed by atoms with van der Waals surface area (Å²) in [6.45, 7) is 5.14. The summed E-state index contributed by atoms with van der Waals surface area (Å²) in [5.41, 5.74) is 1.27. The summed E-state index contributed by atoms with van der Waals surface area (Å²) < 4.78 is 37.7. The van der Waals surface area contributed by atoms with Gasteiger partial charge in [0, 0.05) is 29.6 Å². The normalized spacial score (nSPS) is 13.4. The minimum absolute atomic E-state index is 0.0233. The number of ether oxygens (including phenoxy) is 2. The second-order valence-electron chi connectivity index (χ2n) is 10.9. The molecule has 0 aliphatic carbocycles. The number of sulfonamides is 1. The molecule has 1 aliphatic heterocycles. The fourth-order valence-electron chi connectivity index (χ4n) is 4.45. The Morgan fingerprint density at radius 1 is 0.951 bits per heavy atom. The largest absolute Gasteiger partial charge is 0.454 e. The van der Waals surface area contributed by atoms with Gasteiger partial charge in [0.05, 0.1) is 11.9 Å². The Morgan fingerprint density at radius 2 is 1.61 bits per heavy atom. The highest BCUT2D eigenvalue weighted by atomic mass is 35.5. The molecule has 0 fully saturated rings. The molecule has 0 saturated carbocycles. The number of nitrogens with one attached hydrogen (secondary N) is 1. The zero-order valence-corrected chi connectivity index (χ0v) is 25.0. The number of fused-ring (bicyclic) bond motifs is 1. The van der Waals surface area contributed by atoms with Crippen molar-refractivity contribution in [3.8, 4) is 11.5 Å². The van der Waals surface area contributed by atoms with E-state index in [1.165, 1.54) is 11.0 Å². The molecule has 0 spiro atoms. The zero-order chi connectivity index (χ0) is 29.8. The quantitative estimate of drug-likeness (QED) is 0.371. The number of hydrogen-bond acceptors (Lipinski definition) is 6. The number of amides is 2. The summed E-state index contributed by atoms with van der Waals surface area (Å²) in [6.07, 6.45) is 1.26. The second kappa shape index (κ2) is 12.4. The van der Waals surface area contributed by atoms with Gasteiger partial charge in [-0.25, -0.2) is 8.42 Å². The molecule has 2 amide bonds. The SMILES string of the molecule is CC(C)(C)NC(=O)[C@H](Cc1ccccc1)N(Cc1ccc(Cl)cc1)C(=O)CN(c1ccc2c(c1)OCO2)S(C)(=O)=O. The van der Waals surface area contributed by atoms with E-state index in [4.69, 9.17) is 21.1 Å². The summed E-state index contributed by atoms with van der Waals surface area (Å²) in [6, 6.07) is 20.1. The number of carbonyl (C=O) groups excluding carboxylic acids is 2. The number of carbonyl (C=O) groups is 2. The number of halogens is 1. The van der Waals surface area contributed by atoms with Crippen LogP contribution in [0.2, 0.25) is 5.02 Å². The van der Waals surface area contributed by atoms with Crippen LogP contribution in [0.15, 0.2) is 72.8 Å². The molecule has 1 atom stereocenters. The summed E-state index contributed by atoms with van der Waals surface area (Å²) in [7, 11) is -3.90. The maximum absolute atomic E-state index is 14.1. The first kappa shape index (κ1) is 30.2. The lowest BCUT2D eigenvalue weighted by Gasteiger charge is -2.35. The van der Waals surface area contributed by atoms with Gasteiger partial charge in [0.15, 0.2) is 11.5 Å². The second-order valence-corrected chi connectivity index (χ2v) is 13.2. The Labute approximate surface area is 246 Å². The minimum atomic E-state index is -3.90.